The third kappa shape index (κ3) is 3.06. The first-order valence-electron chi connectivity index (χ1n) is 7.96. The fraction of sp³-hybridized carbons (Fsp3) is 0.105. The van der Waals surface area contributed by atoms with E-state index in [4.69, 9.17) is 0 Å². The van der Waals surface area contributed by atoms with Crippen molar-refractivity contribution in [1.82, 2.24) is 19.6 Å². The van der Waals surface area contributed by atoms with Gasteiger partial charge in [-0.2, -0.15) is 9.61 Å². The Hall–Kier alpha value is -3.28. The molecule has 6 heteroatoms. The van der Waals surface area contributed by atoms with Crippen molar-refractivity contribution in [2.45, 2.75) is 13.5 Å². The molecule has 0 spiro atoms. The van der Waals surface area contributed by atoms with Gasteiger partial charge in [0.15, 0.2) is 5.65 Å². The molecule has 4 rings (SSSR count). The van der Waals surface area contributed by atoms with Gasteiger partial charge in [0.2, 0.25) is 0 Å². The van der Waals surface area contributed by atoms with E-state index >= 15 is 0 Å². The molecule has 25 heavy (non-hydrogen) atoms. The highest BCUT2D eigenvalue weighted by Crippen LogP contribution is 2.26. The third-order valence-electron chi connectivity index (χ3n) is 3.93. The molecule has 0 unspecified atom stereocenters. The molecule has 1 aromatic carbocycles. The zero-order chi connectivity index (χ0) is 17.2. The maximum Gasteiger partial charge on any atom is 0.165 e. The molecule has 0 aliphatic rings. The summed E-state index contributed by atoms with van der Waals surface area (Å²) in [6, 6.07) is 14.1. The topological polar surface area (TPSA) is 55.1 Å². The van der Waals surface area contributed by atoms with Crippen LogP contribution in [0.1, 0.15) is 11.4 Å². The number of hydrogen-bond acceptors (Lipinski definition) is 4. The predicted octanol–water partition coefficient (Wildman–Crippen LogP) is 3.85. The van der Waals surface area contributed by atoms with E-state index in [2.05, 4.69) is 20.4 Å². The number of benzene rings is 1. The first-order valence-corrected chi connectivity index (χ1v) is 7.96. The van der Waals surface area contributed by atoms with Crippen LogP contribution in [-0.4, -0.2) is 19.6 Å². The Bertz CT molecular complexity index is 1010. The van der Waals surface area contributed by atoms with Gasteiger partial charge >= 0.3 is 0 Å². The number of aryl methyl sites for hydroxylation is 1. The first kappa shape index (κ1) is 15.3. The number of pyridine rings is 1. The molecule has 3 aromatic heterocycles. The molecule has 0 aliphatic heterocycles. The van der Waals surface area contributed by atoms with Crippen LogP contribution in [0.25, 0.3) is 16.8 Å². The SMILES string of the molecule is Cc1cc(NCc2ccccn2)n2ncc(-c3ccc(F)cc3)c2n1. The lowest BCUT2D eigenvalue weighted by Crippen LogP contribution is -2.07. The maximum absolute atomic E-state index is 13.2. The summed E-state index contributed by atoms with van der Waals surface area (Å²) in [5.74, 6) is 0.573. The molecule has 3 heterocycles. The fourth-order valence-electron chi connectivity index (χ4n) is 2.73. The molecule has 124 valence electrons. The van der Waals surface area contributed by atoms with E-state index in [9.17, 15) is 4.39 Å². The van der Waals surface area contributed by atoms with Crippen LogP contribution in [-0.2, 0) is 6.54 Å². The Labute approximate surface area is 144 Å². The van der Waals surface area contributed by atoms with Crippen molar-refractivity contribution in [2.75, 3.05) is 5.32 Å². The van der Waals surface area contributed by atoms with Crippen LogP contribution in [0.15, 0.2) is 60.9 Å². The molecular formula is C19H16FN5. The van der Waals surface area contributed by atoms with E-state index in [0.29, 0.717) is 6.54 Å². The summed E-state index contributed by atoms with van der Waals surface area (Å²) in [6.07, 6.45) is 3.52. The van der Waals surface area contributed by atoms with Crippen LogP contribution < -0.4 is 5.32 Å². The minimum Gasteiger partial charge on any atom is -0.364 e. The highest BCUT2D eigenvalue weighted by atomic mass is 19.1. The molecule has 0 fully saturated rings. The highest BCUT2D eigenvalue weighted by Gasteiger charge is 2.12. The number of halogens is 1. The molecule has 0 bridgehead atoms. The van der Waals surface area contributed by atoms with Gasteiger partial charge in [0.05, 0.1) is 18.4 Å². The molecule has 1 N–H and O–H groups in total. The molecule has 0 aliphatic carbocycles. The van der Waals surface area contributed by atoms with E-state index in [1.165, 1.54) is 12.1 Å². The lowest BCUT2D eigenvalue weighted by molar-refractivity contribution is 0.628. The second-order valence-corrected chi connectivity index (χ2v) is 5.76. The second-order valence-electron chi connectivity index (χ2n) is 5.76. The lowest BCUT2D eigenvalue weighted by atomic mass is 10.1. The summed E-state index contributed by atoms with van der Waals surface area (Å²) in [6.45, 7) is 2.53. The van der Waals surface area contributed by atoms with Gasteiger partial charge in [-0.05, 0) is 36.8 Å². The van der Waals surface area contributed by atoms with E-state index in [1.54, 1.807) is 29.0 Å². The molecule has 4 aromatic rings. The molecule has 0 saturated heterocycles. The minimum absolute atomic E-state index is 0.262. The Balaban J connectivity index is 1.72. The van der Waals surface area contributed by atoms with E-state index < -0.39 is 0 Å². The summed E-state index contributed by atoms with van der Waals surface area (Å²) >= 11 is 0. The van der Waals surface area contributed by atoms with Crippen LogP contribution in [0, 0.1) is 12.7 Å². The van der Waals surface area contributed by atoms with Crippen molar-refractivity contribution < 1.29 is 4.39 Å². The van der Waals surface area contributed by atoms with Crippen LogP contribution in [0.3, 0.4) is 0 Å². The normalized spacial score (nSPS) is 11.0. The Kier molecular flexibility index (Phi) is 3.85. The van der Waals surface area contributed by atoms with Gasteiger partial charge in [-0.3, -0.25) is 4.98 Å². The molecule has 0 saturated carbocycles. The minimum atomic E-state index is -0.262. The largest absolute Gasteiger partial charge is 0.364 e. The van der Waals surface area contributed by atoms with Crippen molar-refractivity contribution in [1.29, 1.82) is 0 Å². The zero-order valence-electron chi connectivity index (χ0n) is 13.6. The Morgan fingerprint density at radius 1 is 1.12 bits per heavy atom. The van der Waals surface area contributed by atoms with E-state index in [1.807, 2.05) is 31.2 Å². The molecular weight excluding hydrogens is 317 g/mol. The molecule has 0 radical (unpaired) electrons. The first-order chi connectivity index (χ1) is 12.2. The number of aromatic nitrogens is 4. The van der Waals surface area contributed by atoms with Crippen molar-refractivity contribution >= 4 is 11.5 Å². The van der Waals surface area contributed by atoms with Gasteiger partial charge in [0.25, 0.3) is 0 Å². The summed E-state index contributed by atoms with van der Waals surface area (Å²) in [4.78, 5) is 8.92. The summed E-state index contributed by atoms with van der Waals surface area (Å²) in [5.41, 5.74) is 4.29. The zero-order valence-corrected chi connectivity index (χ0v) is 13.6. The third-order valence-corrected chi connectivity index (χ3v) is 3.93. The Morgan fingerprint density at radius 2 is 1.96 bits per heavy atom. The number of rotatable bonds is 4. The van der Waals surface area contributed by atoms with Crippen molar-refractivity contribution in [3.8, 4) is 11.1 Å². The lowest BCUT2D eigenvalue weighted by Gasteiger charge is -2.09. The van der Waals surface area contributed by atoms with Crippen molar-refractivity contribution in [2.24, 2.45) is 0 Å². The summed E-state index contributed by atoms with van der Waals surface area (Å²) in [7, 11) is 0. The molecule has 0 amide bonds. The number of hydrogen-bond donors (Lipinski definition) is 1. The van der Waals surface area contributed by atoms with Gasteiger partial charge in [-0.25, -0.2) is 9.37 Å². The monoisotopic (exact) mass is 333 g/mol. The fourth-order valence-corrected chi connectivity index (χ4v) is 2.73. The number of nitrogens with zero attached hydrogens (tertiary/aromatic N) is 4. The van der Waals surface area contributed by atoms with Crippen LogP contribution in [0.5, 0.6) is 0 Å². The molecule has 0 atom stereocenters. The average molecular weight is 333 g/mol. The number of fused-ring (bicyclic) bond motifs is 1. The second kappa shape index (κ2) is 6.32. The van der Waals surface area contributed by atoms with E-state index in [-0.39, 0.29) is 5.82 Å². The van der Waals surface area contributed by atoms with Gasteiger partial charge in [0, 0.05) is 23.5 Å². The predicted molar refractivity (Wildman–Crippen MR) is 94.7 cm³/mol. The highest BCUT2D eigenvalue weighted by molar-refractivity contribution is 5.78. The van der Waals surface area contributed by atoms with Crippen molar-refractivity contribution in [3.63, 3.8) is 0 Å². The quantitative estimate of drug-likeness (QED) is 0.616. The van der Waals surface area contributed by atoms with Crippen LogP contribution in [0.4, 0.5) is 10.2 Å². The molecule has 5 nitrogen and oxygen atoms in total. The van der Waals surface area contributed by atoms with Gasteiger partial charge < -0.3 is 5.32 Å². The maximum atomic E-state index is 13.2. The standard InChI is InChI=1S/C19H16FN5/c1-13-10-18(22-11-16-4-2-3-9-21-16)25-19(24-13)17(12-23-25)14-5-7-15(20)8-6-14/h2-10,12,22H,11H2,1H3. The number of anilines is 1. The summed E-state index contributed by atoms with van der Waals surface area (Å²) in [5, 5.41) is 7.80. The van der Waals surface area contributed by atoms with Gasteiger partial charge in [-0.15, -0.1) is 0 Å². The number of nitrogens with one attached hydrogen (secondary N) is 1. The van der Waals surface area contributed by atoms with Crippen LogP contribution in [0.2, 0.25) is 0 Å². The Morgan fingerprint density at radius 3 is 2.72 bits per heavy atom. The van der Waals surface area contributed by atoms with Gasteiger partial charge in [-0.1, -0.05) is 18.2 Å². The van der Waals surface area contributed by atoms with Crippen molar-refractivity contribution in [3.05, 3.63) is 78.1 Å². The van der Waals surface area contributed by atoms with Crippen LogP contribution >= 0.6 is 0 Å². The average Bonchev–Trinajstić information content (AvgIpc) is 3.05. The smallest absolute Gasteiger partial charge is 0.165 e. The summed E-state index contributed by atoms with van der Waals surface area (Å²) < 4.78 is 14.9. The van der Waals surface area contributed by atoms with Gasteiger partial charge in [0.1, 0.15) is 11.6 Å². The van der Waals surface area contributed by atoms with E-state index in [0.717, 1.165) is 34.0 Å².